The molecule has 1 N–H and O–H groups in total. The first-order valence-electron chi connectivity index (χ1n) is 6.03. The van der Waals surface area contributed by atoms with Crippen LogP contribution < -0.4 is 0 Å². The van der Waals surface area contributed by atoms with Crippen molar-refractivity contribution in [3.8, 4) is 0 Å². The lowest BCUT2D eigenvalue weighted by Gasteiger charge is -2.17. The van der Waals surface area contributed by atoms with E-state index in [1.54, 1.807) is 11.9 Å². The number of rotatable bonds is 7. The molecule has 5 nitrogen and oxygen atoms in total. The van der Waals surface area contributed by atoms with Gasteiger partial charge in [-0.1, -0.05) is 23.4 Å². The van der Waals surface area contributed by atoms with Crippen molar-refractivity contribution in [1.82, 2.24) is 14.9 Å². The lowest BCUT2D eigenvalue weighted by molar-refractivity contribution is 0.0785. The second kappa shape index (κ2) is 8.35. The van der Waals surface area contributed by atoms with Crippen LogP contribution in [0.5, 0.6) is 0 Å². The number of thioether (sulfide) groups is 1. The third-order valence-corrected chi connectivity index (χ3v) is 3.44. The Bertz CT molecular complexity index is 431. The zero-order valence-corrected chi connectivity index (χ0v) is 12.7. The molecule has 0 aromatic carbocycles. The number of hydrogen-bond acceptors (Lipinski definition) is 5. The molecule has 0 saturated heterocycles. The summed E-state index contributed by atoms with van der Waals surface area (Å²) in [7, 11) is 1.72. The van der Waals surface area contributed by atoms with Gasteiger partial charge in [0.25, 0.3) is 5.91 Å². The van der Waals surface area contributed by atoms with Crippen LogP contribution in [0.1, 0.15) is 29.8 Å². The van der Waals surface area contributed by atoms with Crippen LogP contribution in [0.2, 0.25) is 5.02 Å². The van der Waals surface area contributed by atoms with Crippen LogP contribution >= 0.6 is 23.4 Å². The van der Waals surface area contributed by atoms with E-state index in [9.17, 15) is 4.79 Å². The summed E-state index contributed by atoms with van der Waals surface area (Å²) in [4.78, 5) is 21.9. The van der Waals surface area contributed by atoms with Gasteiger partial charge in [-0.3, -0.25) is 4.79 Å². The van der Waals surface area contributed by atoms with E-state index < -0.39 is 0 Å². The lowest BCUT2D eigenvalue weighted by Crippen LogP contribution is -2.29. The number of nitrogens with zero attached hydrogens (tertiary/aromatic N) is 3. The standard InChI is InChI=1S/C12H18ClN3O2S/c1-16(6-4-3-5-7-17)11(18)10-9(13)8-14-12(15-10)19-2/h8,17H,3-7H2,1-2H3. The average molecular weight is 304 g/mol. The number of hydrogen-bond donors (Lipinski definition) is 1. The van der Waals surface area contributed by atoms with Gasteiger partial charge in [-0.25, -0.2) is 9.97 Å². The van der Waals surface area contributed by atoms with E-state index in [0.717, 1.165) is 19.3 Å². The fourth-order valence-corrected chi connectivity index (χ4v) is 2.03. The van der Waals surface area contributed by atoms with Crippen molar-refractivity contribution in [2.24, 2.45) is 0 Å². The Morgan fingerprint density at radius 1 is 1.47 bits per heavy atom. The van der Waals surface area contributed by atoms with Crippen molar-refractivity contribution in [1.29, 1.82) is 0 Å². The summed E-state index contributed by atoms with van der Waals surface area (Å²) in [6.45, 7) is 0.806. The predicted molar refractivity (Wildman–Crippen MR) is 76.7 cm³/mol. The third kappa shape index (κ3) is 4.97. The monoisotopic (exact) mass is 303 g/mol. The molecule has 1 aromatic heterocycles. The van der Waals surface area contributed by atoms with E-state index in [1.165, 1.54) is 18.0 Å². The molecule has 0 atom stereocenters. The van der Waals surface area contributed by atoms with Gasteiger partial charge in [0.15, 0.2) is 10.9 Å². The quantitative estimate of drug-likeness (QED) is 0.474. The lowest BCUT2D eigenvalue weighted by atomic mass is 10.2. The number of aliphatic hydroxyl groups excluding tert-OH is 1. The van der Waals surface area contributed by atoms with Crippen LogP contribution in [0.4, 0.5) is 0 Å². The van der Waals surface area contributed by atoms with Gasteiger partial charge in [-0.15, -0.1) is 0 Å². The Labute approximate surface area is 122 Å². The highest BCUT2D eigenvalue weighted by molar-refractivity contribution is 7.98. The number of halogens is 1. The summed E-state index contributed by atoms with van der Waals surface area (Å²) < 4.78 is 0. The fourth-order valence-electron chi connectivity index (χ4n) is 1.52. The van der Waals surface area contributed by atoms with Crippen molar-refractivity contribution < 1.29 is 9.90 Å². The maximum Gasteiger partial charge on any atom is 0.273 e. The highest BCUT2D eigenvalue weighted by atomic mass is 35.5. The van der Waals surface area contributed by atoms with Gasteiger partial charge in [0.2, 0.25) is 0 Å². The van der Waals surface area contributed by atoms with Gasteiger partial charge in [-0.05, 0) is 25.5 Å². The van der Waals surface area contributed by atoms with Gasteiger partial charge in [0.05, 0.1) is 11.2 Å². The molecule has 0 aliphatic carbocycles. The number of carbonyl (C=O) groups is 1. The van der Waals surface area contributed by atoms with E-state index >= 15 is 0 Å². The normalized spacial score (nSPS) is 10.5. The summed E-state index contributed by atoms with van der Waals surface area (Å²) in [6.07, 6.45) is 5.79. The van der Waals surface area contributed by atoms with Crippen LogP contribution in [0.15, 0.2) is 11.4 Å². The van der Waals surface area contributed by atoms with Crippen LogP contribution in [0.3, 0.4) is 0 Å². The number of carbonyl (C=O) groups excluding carboxylic acids is 1. The van der Waals surface area contributed by atoms with Gasteiger partial charge >= 0.3 is 0 Å². The van der Waals surface area contributed by atoms with E-state index in [4.69, 9.17) is 16.7 Å². The molecule has 0 fully saturated rings. The second-order valence-electron chi connectivity index (χ2n) is 4.06. The summed E-state index contributed by atoms with van der Waals surface area (Å²) in [6, 6.07) is 0. The summed E-state index contributed by atoms with van der Waals surface area (Å²) in [5, 5.41) is 9.49. The molecular formula is C12H18ClN3O2S. The molecule has 1 rings (SSSR count). The van der Waals surface area contributed by atoms with Gasteiger partial charge in [0.1, 0.15) is 0 Å². The minimum absolute atomic E-state index is 0.187. The fraction of sp³-hybridized carbons (Fsp3) is 0.583. The Morgan fingerprint density at radius 2 is 2.21 bits per heavy atom. The summed E-state index contributed by atoms with van der Waals surface area (Å²) in [5.74, 6) is -0.202. The smallest absolute Gasteiger partial charge is 0.273 e. The second-order valence-corrected chi connectivity index (χ2v) is 5.24. The molecule has 0 bridgehead atoms. The Morgan fingerprint density at radius 3 is 2.84 bits per heavy atom. The van der Waals surface area contributed by atoms with Crippen molar-refractivity contribution in [3.05, 3.63) is 16.9 Å². The van der Waals surface area contributed by atoms with Crippen molar-refractivity contribution >= 4 is 29.3 Å². The third-order valence-electron chi connectivity index (χ3n) is 2.61. The molecule has 7 heteroatoms. The van der Waals surface area contributed by atoms with E-state index in [0.29, 0.717) is 11.7 Å². The molecule has 1 amide bonds. The first-order chi connectivity index (χ1) is 9.10. The van der Waals surface area contributed by atoms with Crippen LogP contribution in [0, 0.1) is 0 Å². The molecule has 0 aliphatic heterocycles. The summed E-state index contributed by atoms with van der Waals surface area (Å²) >= 11 is 7.33. The Balaban J connectivity index is 2.65. The molecule has 0 saturated carbocycles. The Kier molecular flexibility index (Phi) is 7.12. The van der Waals surface area contributed by atoms with Crippen LogP contribution in [-0.2, 0) is 0 Å². The first kappa shape index (κ1) is 16.2. The Hall–Kier alpha value is -0.850. The highest BCUT2D eigenvalue weighted by Gasteiger charge is 2.17. The van der Waals surface area contributed by atoms with Gasteiger partial charge in [0, 0.05) is 20.2 Å². The largest absolute Gasteiger partial charge is 0.396 e. The van der Waals surface area contributed by atoms with E-state index in [1.807, 2.05) is 6.26 Å². The van der Waals surface area contributed by atoms with Crippen molar-refractivity contribution in [2.45, 2.75) is 24.4 Å². The van der Waals surface area contributed by atoms with Gasteiger partial charge in [-0.2, -0.15) is 0 Å². The van der Waals surface area contributed by atoms with Crippen molar-refractivity contribution in [2.75, 3.05) is 26.5 Å². The van der Waals surface area contributed by atoms with E-state index in [-0.39, 0.29) is 23.2 Å². The molecule has 106 valence electrons. The topological polar surface area (TPSA) is 66.3 Å². The highest BCUT2D eigenvalue weighted by Crippen LogP contribution is 2.18. The molecule has 0 spiro atoms. The molecule has 1 aromatic rings. The molecule has 19 heavy (non-hydrogen) atoms. The average Bonchev–Trinajstić information content (AvgIpc) is 2.43. The van der Waals surface area contributed by atoms with E-state index in [2.05, 4.69) is 9.97 Å². The first-order valence-corrected chi connectivity index (χ1v) is 7.63. The van der Waals surface area contributed by atoms with Crippen LogP contribution in [-0.4, -0.2) is 52.3 Å². The van der Waals surface area contributed by atoms with Gasteiger partial charge < -0.3 is 10.0 Å². The van der Waals surface area contributed by atoms with Crippen LogP contribution in [0.25, 0.3) is 0 Å². The number of aromatic nitrogens is 2. The summed E-state index contributed by atoms with van der Waals surface area (Å²) in [5.41, 5.74) is 0.241. The molecular weight excluding hydrogens is 286 g/mol. The van der Waals surface area contributed by atoms with Crippen molar-refractivity contribution in [3.63, 3.8) is 0 Å². The molecule has 0 radical (unpaired) electrons. The zero-order valence-electron chi connectivity index (χ0n) is 11.1. The maximum absolute atomic E-state index is 12.2. The predicted octanol–water partition coefficient (Wildman–Crippen LogP) is 2.09. The number of aliphatic hydroxyl groups is 1. The molecule has 1 heterocycles. The SMILES string of the molecule is CSc1ncc(Cl)c(C(=O)N(C)CCCCCO)n1. The molecule has 0 aliphatic rings. The number of amides is 1. The molecule has 0 unspecified atom stereocenters. The zero-order chi connectivity index (χ0) is 14.3. The maximum atomic E-state index is 12.2. The minimum atomic E-state index is -0.202. The minimum Gasteiger partial charge on any atom is -0.396 e. The number of unbranched alkanes of at least 4 members (excludes halogenated alkanes) is 2.